The zero-order valence-corrected chi connectivity index (χ0v) is 19.4. The van der Waals surface area contributed by atoms with Gasteiger partial charge in [0.1, 0.15) is 5.82 Å². The van der Waals surface area contributed by atoms with Crippen molar-refractivity contribution in [3.05, 3.63) is 65.7 Å². The highest BCUT2D eigenvalue weighted by atomic mass is 16.2. The standard InChI is InChI=1S/C27H32N4O2/c1-19-12-14-24(20(2)16-19)31-25(17-23(30-31)22-10-4-3-5-11-22)29-27(33)18-28-26(32)15-13-21-8-6-7-9-21/h3-5,10-12,14,16-17,21H,6-9,13,15,18H2,1-2H3,(H,28,32)(H,29,33). The van der Waals surface area contributed by atoms with Gasteiger partial charge >= 0.3 is 0 Å². The van der Waals surface area contributed by atoms with Gasteiger partial charge in [-0.05, 0) is 37.8 Å². The van der Waals surface area contributed by atoms with Crippen molar-refractivity contribution in [3.8, 4) is 16.9 Å². The van der Waals surface area contributed by atoms with Crippen molar-refractivity contribution in [1.29, 1.82) is 0 Å². The molecule has 1 aromatic heterocycles. The molecule has 33 heavy (non-hydrogen) atoms. The minimum Gasteiger partial charge on any atom is -0.347 e. The normalized spacial score (nSPS) is 13.8. The molecule has 0 radical (unpaired) electrons. The average Bonchev–Trinajstić information content (AvgIpc) is 3.47. The largest absolute Gasteiger partial charge is 0.347 e. The maximum Gasteiger partial charge on any atom is 0.244 e. The SMILES string of the molecule is Cc1ccc(-n2nc(-c3ccccc3)cc2NC(=O)CNC(=O)CCC2CCCC2)c(C)c1. The van der Waals surface area contributed by atoms with Gasteiger partial charge in [0.25, 0.3) is 0 Å². The number of anilines is 1. The van der Waals surface area contributed by atoms with E-state index in [0.29, 0.717) is 18.2 Å². The third-order valence-electron chi connectivity index (χ3n) is 6.33. The minimum atomic E-state index is -0.269. The predicted octanol–water partition coefficient (Wildman–Crippen LogP) is 5.18. The van der Waals surface area contributed by atoms with Crippen LogP contribution in [0.15, 0.2) is 54.6 Å². The van der Waals surface area contributed by atoms with Crippen molar-refractivity contribution in [2.24, 2.45) is 5.92 Å². The zero-order valence-electron chi connectivity index (χ0n) is 19.4. The molecule has 172 valence electrons. The van der Waals surface area contributed by atoms with E-state index in [2.05, 4.69) is 16.7 Å². The highest BCUT2D eigenvalue weighted by Crippen LogP contribution is 2.28. The predicted molar refractivity (Wildman–Crippen MR) is 131 cm³/mol. The Morgan fingerprint density at radius 1 is 1.00 bits per heavy atom. The molecule has 0 saturated heterocycles. The van der Waals surface area contributed by atoms with Crippen LogP contribution in [-0.4, -0.2) is 28.1 Å². The molecule has 2 aromatic carbocycles. The molecule has 2 amide bonds. The lowest BCUT2D eigenvalue weighted by molar-refractivity contribution is -0.124. The van der Waals surface area contributed by atoms with Gasteiger partial charge in [-0.25, -0.2) is 4.68 Å². The van der Waals surface area contributed by atoms with E-state index in [4.69, 9.17) is 5.10 Å². The second kappa shape index (κ2) is 10.5. The Morgan fingerprint density at radius 2 is 1.76 bits per heavy atom. The van der Waals surface area contributed by atoms with E-state index >= 15 is 0 Å². The zero-order chi connectivity index (χ0) is 23.2. The molecular formula is C27H32N4O2. The van der Waals surface area contributed by atoms with Crippen molar-refractivity contribution in [2.45, 2.75) is 52.4 Å². The minimum absolute atomic E-state index is 0.0533. The first-order valence-electron chi connectivity index (χ1n) is 11.8. The number of hydrogen-bond donors (Lipinski definition) is 2. The third kappa shape index (κ3) is 5.89. The molecule has 0 unspecified atom stereocenters. The van der Waals surface area contributed by atoms with E-state index in [-0.39, 0.29) is 18.4 Å². The Hall–Kier alpha value is -3.41. The summed E-state index contributed by atoms with van der Waals surface area (Å²) in [5, 5.41) is 10.5. The summed E-state index contributed by atoms with van der Waals surface area (Å²) in [6.07, 6.45) is 6.38. The van der Waals surface area contributed by atoms with Crippen LogP contribution in [0.1, 0.15) is 49.7 Å². The van der Waals surface area contributed by atoms with Gasteiger partial charge in [0.2, 0.25) is 11.8 Å². The summed E-state index contributed by atoms with van der Waals surface area (Å²) < 4.78 is 1.76. The summed E-state index contributed by atoms with van der Waals surface area (Å²) in [7, 11) is 0. The fourth-order valence-electron chi connectivity index (χ4n) is 4.54. The third-order valence-corrected chi connectivity index (χ3v) is 6.33. The number of benzene rings is 2. The van der Waals surface area contributed by atoms with Crippen LogP contribution in [0.3, 0.4) is 0 Å². The molecule has 0 atom stereocenters. The number of nitrogens with one attached hydrogen (secondary N) is 2. The molecule has 1 saturated carbocycles. The van der Waals surface area contributed by atoms with Gasteiger partial charge in [0, 0.05) is 18.1 Å². The highest BCUT2D eigenvalue weighted by Gasteiger charge is 2.18. The summed E-state index contributed by atoms with van der Waals surface area (Å²) in [5.41, 5.74) is 4.87. The van der Waals surface area contributed by atoms with Gasteiger partial charge in [-0.3, -0.25) is 9.59 Å². The topological polar surface area (TPSA) is 76.0 Å². The maximum absolute atomic E-state index is 12.7. The summed E-state index contributed by atoms with van der Waals surface area (Å²) in [4.78, 5) is 24.9. The van der Waals surface area contributed by atoms with Crippen LogP contribution in [0.5, 0.6) is 0 Å². The quantitative estimate of drug-likeness (QED) is 0.503. The highest BCUT2D eigenvalue weighted by molar-refractivity contribution is 5.94. The van der Waals surface area contributed by atoms with Crippen molar-refractivity contribution < 1.29 is 9.59 Å². The second-order valence-corrected chi connectivity index (χ2v) is 9.00. The first-order chi connectivity index (χ1) is 16.0. The van der Waals surface area contributed by atoms with E-state index in [1.807, 2.05) is 62.4 Å². The number of amides is 2. The molecule has 4 rings (SSSR count). The summed E-state index contributed by atoms with van der Waals surface area (Å²) >= 11 is 0. The van der Waals surface area contributed by atoms with E-state index in [9.17, 15) is 9.59 Å². The molecule has 0 aliphatic heterocycles. The van der Waals surface area contributed by atoms with Crippen LogP contribution in [-0.2, 0) is 9.59 Å². The molecule has 3 aromatic rings. The Morgan fingerprint density at radius 3 is 2.48 bits per heavy atom. The molecule has 1 fully saturated rings. The number of aromatic nitrogens is 2. The Kier molecular flexibility index (Phi) is 7.23. The van der Waals surface area contributed by atoms with Crippen LogP contribution in [0.2, 0.25) is 0 Å². The van der Waals surface area contributed by atoms with Crippen LogP contribution in [0.4, 0.5) is 5.82 Å². The fraction of sp³-hybridized carbons (Fsp3) is 0.370. The lowest BCUT2D eigenvalue weighted by Crippen LogP contribution is -2.33. The fourth-order valence-corrected chi connectivity index (χ4v) is 4.54. The Labute approximate surface area is 195 Å². The maximum atomic E-state index is 12.7. The van der Waals surface area contributed by atoms with Crippen molar-refractivity contribution in [2.75, 3.05) is 11.9 Å². The van der Waals surface area contributed by atoms with Gasteiger partial charge in [-0.1, -0.05) is 73.7 Å². The lowest BCUT2D eigenvalue weighted by Gasteiger charge is -2.12. The van der Waals surface area contributed by atoms with Crippen molar-refractivity contribution in [3.63, 3.8) is 0 Å². The number of carbonyl (C=O) groups is 2. The second-order valence-electron chi connectivity index (χ2n) is 9.00. The van der Waals surface area contributed by atoms with E-state index < -0.39 is 0 Å². The molecule has 1 heterocycles. The first-order valence-corrected chi connectivity index (χ1v) is 11.8. The van der Waals surface area contributed by atoms with Crippen LogP contribution in [0, 0.1) is 19.8 Å². The van der Waals surface area contributed by atoms with E-state index in [1.165, 1.54) is 25.7 Å². The van der Waals surface area contributed by atoms with Crippen LogP contribution >= 0.6 is 0 Å². The molecular weight excluding hydrogens is 412 g/mol. The van der Waals surface area contributed by atoms with Crippen LogP contribution < -0.4 is 10.6 Å². The Bertz CT molecular complexity index is 1110. The first kappa shape index (κ1) is 22.8. The molecule has 6 heteroatoms. The summed E-state index contributed by atoms with van der Waals surface area (Å²) in [5.74, 6) is 0.902. The monoisotopic (exact) mass is 444 g/mol. The van der Waals surface area contributed by atoms with Gasteiger partial charge in [0.15, 0.2) is 0 Å². The van der Waals surface area contributed by atoms with Crippen molar-refractivity contribution in [1.82, 2.24) is 15.1 Å². The number of rotatable bonds is 8. The van der Waals surface area contributed by atoms with Crippen LogP contribution in [0.25, 0.3) is 16.9 Å². The Balaban J connectivity index is 1.46. The number of nitrogens with zero attached hydrogens (tertiary/aromatic N) is 2. The number of aryl methyl sites for hydroxylation is 2. The number of hydrogen-bond acceptors (Lipinski definition) is 3. The lowest BCUT2D eigenvalue weighted by atomic mass is 10.0. The summed E-state index contributed by atoms with van der Waals surface area (Å²) in [6, 6.07) is 17.9. The van der Waals surface area contributed by atoms with Gasteiger partial charge in [-0.15, -0.1) is 0 Å². The van der Waals surface area contributed by atoms with Gasteiger partial charge < -0.3 is 10.6 Å². The number of carbonyl (C=O) groups excluding carboxylic acids is 2. The van der Waals surface area contributed by atoms with Gasteiger partial charge in [0.05, 0.1) is 17.9 Å². The summed E-state index contributed by atoms with van der Waals surface area (Å²) in [6.45, 7) is 4.03. The average molecular weight is 445 g/mol. The van der Waals surface area contributed by atoms with E-state index in [1.54, 1.807) is 4.68 Å². The smallest absolute Gasteiger partial charge is 0.244 e. The molecule has 0 spiro atoms. The molecule has 0 bridgehead atoms. The van der Waals surface area contributed by atoms with E-state index in [0.717, 1.165) is 34.5 Å². The van der Waals surface area contributed by atoms with Crippen molar-refractivity contribution >= 4 is 17.6 Å². The molecule has 1 aliphatic rings. The molecule has 6 nitrogen and oxygen atoms in total. The molecule has 1 aliphatic carbocycles. The van der Waals surface area contributed by atoms with Gasteiger partial charge in [-0.2, -0.15) is 5.10 Å². The molecule has 2 N–H and O–H groups in total.